The summed E-state index contributed by atoms with van der Waals surface area (Å²) in [6, 6.07) is 5.22. The molecule has 73 valence electrons. The van der Waals surface area contributed by atoms with Crippen molar-refractivity contribution < 1.29 is 17.9 Å². The monoisotopic (exact) mass is 200 g/mol. The molecule has 0 aromatic heterocycles. The van der Waals surface area contributed by atoms with Crippen molar-refractivity contribution in [3.8, 4) is 11.8 Å². The molecule has 0 amide bonds. The predicted octanol–water partition coefficient (Wildman–Crippen LogP) is 2.64. The van der Waals surface area contributed by atoms with Crippen LogP contribution >= 0.6 is 0 Å². The zero-order chi connectivity index (χ0) is 10.8. The third kappa shape index (κ3) is 2.66. The Bertz CT molecular complexity index is 379. The second kappa shape index (κ2) is 3.58. The Kier molecular flexibility index (Phi) is 2.65. The Morgan fingerprint density at radius 1 is 1.36 bits per heavy atom. The number of nitriles is 1. The molecule has 5 heteroatoms. The lowest BCUT2D eigenvalue weighted by molar-refractivity contribution is -0.274. The van der Waals surface area contributed by atoms with Gasteiger partial charge in [-0.3, -0.25) is 0 Å². The molecule has 0 fully saturated rings. The lowest BCUT2D eigenvalue weighted by Gasteiger charge is -2.10. The maximum atomic E-state index is 11.8. The van der Waals surface area contributed by atoms with E-state index >= 15 is 0 Å². The third-order valence-electron chi connectivity index (χ3n) is 1.39. The Balaban J connectivity index is 3.05. The van der Waals surface area contributed by atoms with E-state index in [9.17, 15) is 13.2 Å². The van der Waals surface area contributed by atoms with Crippen molar-refractivity contribution in [3.63, 3.8) is 0 Å². The fourth-order valence-electron chi connectivity index (χ4n) is 0.878. The van der Waals surface area contributed by atoms with Gasteiger partial charge < -0.3 is 4.74 Å². The highest BCUT2D eigenvalue weighted by atomic mass is 19.4. The van der Waals surface area contributed by atoms with E-state index < -0.39 is 12.1 Å². The molecule has 0 aliphatic carbocycles. The number of alkyl halides is 3. The average molecular weight is 200 g/mol. The highest BCUT2D eigenvalue weighted by Crippen LogP contribution is 2.26. The largest absolute Gasteiger partial charge is 0.573 e. The van der Waals surface area contributed by atoms with Crippen LogP contribution in [-0.4, -0.2) is 6.36 Å². The van der Waals surface area contributed by atoms with Gasteiger partial charge in [0.25, 0.3) is 0 Å². The summed E-state index contributed by atoms with van der Waals surface area (Å²) in [7, 11) is 0. The molecule has 0 atom stereocenters. The first kappa shape index (κ1) is 10.4. The fraction of sp³-hybridized carbons (Fsp3) is 0.111. The normalized spacial score (nSPS) is 10.8. The van der Waals surface area contributed by atoms with Crippen LogP contribution < -0.4 is 4.74 Å². The summed E-state index contributed by atoms with van der Waals surface area (Å²) in [6.07, 6.45) is -4.78. The van der Waals surface area contributed by atoms with Gasteiger partial charge in [0.15, 0.2) is 0 Å². The van der Waals surface area contributed by atoms with Gasteiger partial charge in [-0.25, -0.2) is 0 Å². The van der Waals surface area contributed by atoms with E-state index in [0.717, 1.165) is 6.07 Å². The Hall–Kier alpha value is -1.70. The first-order chi connectivity index (χ1) is 6.42. The number of rotatable bonds is 1. The lowest BCUT2D eigenvalue weighted by Crippen LogP contribution is -2.17. The van der Waals surface area contributed by atoms with E-state index in [0.29, 0.717) is 5.56 Å². The van der Waals surface area contributed by atoms with E-state index in [1.807, 2.05) is 0 Å². The number of benzene rings is 1. The summed E-state index contributed by atoms with van der Waals surface area (Å²) in [6.45, 7) is 3.48. The van der Waals surface area contributed by atoms with Gasteiger partial charge in [-0.15, -0.1) is 13.2 Å². The van der Waals surface area contributed by atoms with Crippen molar-refractivity contribution in [2.75, 3.05) is 0 Å². The van der Waals surface area contributed by atoms with Gasteiger partial charge in [-0.1, -0.05) is 6.07 Å². The summed E-state index contributed by atoms with van der Waals surface area (Å²) in [5.41, 5.74) is 0.269. The smallest absolute Gasteiger partial charge is 0.404 e. The molecule has 1 aromatic carbocycles. The maximum absolute atomic E-state index is 11.8. The zero-order valence-corrected chi connectivity index (χ0v) is 6.93. The number of hydrogen-bond donors (Lipinski definition) is 0. The van der Waals surface area contributed by atoms with Gasteiger partial charge in [-0.05, 0) is 24.6 Å². The minimum Gasteiger partial charge on any atom is -0.404 e. The van der Waals surface area contributed by atoms with Gasteiger partial charge in [0.2, 0.25) is 0 Å². The molecule has 0 saturated carbocycles. The summed E-state index contributed by atoms with van der Waals surface area (Å²) in [5.74, 6) is -0.507. The number of nitrogens with zero attached hydrogens (tertiary/aromatic N) is 1. The molecule has 0 spiro atoms. The van der Waals surface area contributed by atoms with Crippen LogP contribution in [0.25, 0.3) is 0 Å². The van der Waals surface area contributed by atoms with Crippen molar-refractivity contribution in [1.82, 2.24) is 0 Å². The molecule has 0 N–H and O–H groups in total. The van der Waals surface area contributed by atoms with Crippen molar-refractivity contribution >= 4 is 0 Å². The van der Waals surface area contributed by atoms with Crippen LogP contribution in [0.2, 0.25) is 0 Å². The molecular formula is C9H5F3NO. The molecule has 0 saturated heterocycles. The van der Waals surface area contributed by atoms with E-state index in [2.05, 4.69) is 11.7 Å². The quantitative estimate of drug-likeness (QED) is 0.698. The Morgan fingerprint density at radius 2 is 2.00 bits per heavy atom. The molecule has 0 aliphatic rings. The second-order valence-electron chi connectivity index (χ2n) is 2.49. The van der Waals surface area contributed by atoms with E-state index in [1.165, 1.54) is 12.1 Å². The van der Waals surface area contributed by atoms with Gasteiger partial charge in [0.1, 0.15) is 11.8 Å². The van der Waals surface area contributed by atoms with Crippen LogP contribution in [0.4, 0.5) is 13.2 Å². The fourth-order valence-corrected chi connectivity index (χ4v) is 0.878. The zero-order valence-electron chi connectivity index (χ0n) is 6.93. The van der Waals surface area contributed by atoms with E-state index in [1.54, 1.807) is 6.07 Å². The van der Waals surface area contributed by atoms with E-state index in [4.69, 9.17) is 5.26 Å². The summed E-state index contributed by atoms with van der Waals surface area (Å²) < 4.78 is 39.1. The van der Waals surface area contributed by atoms with Crippen molar-refractivity contribution in [1.29, 1.82) is 5.26 Å². The topological polar surface area (TPSA) is 33.0 Å². The predicted molar refractivity (Wildman–Crippen MR) is 42.3 cm³/mol. The van der Waals surface area contributed by atoms with Crippen LogP contribution in [0.1, 0.15) is 11.1 Å². The van der Waals surface area contributed by atoms with Gasteiger partial charge in [0.05, 0.1) is 5.56 Å². The molecule has 14 heavy (non-hydrogen) atoms. The minimum atomic E-state index is -4.78. The van der Waals surface area contributed by atoms with Crippen LogP contribution in [0, 0.1) is 18.3 Å². The van der Waals surface area contributed by atoms with Crippen LogP contribution in [0.5, 0.6) is 5.75 Å². The number of ether oxygens (including phenoxy) is 1. The van der Waals surface area contributed by atoms with Gasteiger partial charge >= 0.3 is 6.36 Å². The molecule has 0 aliphatic heterocycles. The Morgan fingerprint density at radius 3 is 2.50 bits per heavy atom. The molecule has 1 rings (SSSR count). The second-order valence-corrected chi connectivity index (χ2v) is 2.49. The van der Waals surface area contributed by atoms with Crippen molar-refractivity contribution in [3.05, 3.63) is 36.2 Å². The highest BCUT2D eigenvalue weighted by molar-refractivity contribution is 5.46. The standard InChI is InChI=1S/C9H5F3NO/c1-6-2-3-8(7(4-6)5-13)14-9(10,11)12/h2-4H,1H2. The molecule has 1 aromatic rings. The number of halogens is 3. The van der Waals surface area contributed by atoms with Crippen molar-refractivity contribution in [2.45, 2.75) is 6.36 Å². The SMILES string of the molecule is [CH2]c1ccc(OC(F)(F)F)c(C#N)c1. The minimum absolute atomic E-state index is 0.185. The molecule has 2 nitrogen and oxygen atoms in total. The van der Waals surface area contributed by atoms with Crippen LogP contribution in [0.3, 0.4) is 0 Å². The molecule has 0 bridgehead atoms. The molecular weight excluding hydrogens is 195 g/mol. The summed E-state index contributed by atoms with van der Waals surface area (Å²) >= 11 is 0. The van der Waals surface area contributed by atoms with Crippen molar-refractivity contribution in [2.24, 2.45) is 0 Å². The number of hydrogen-bond acceptors (Lipinski definition) is 2. The Labute approximate surface area is 78.5 Å². The van der Waals surface area contributed by atoms with Gasteiger partial charge in [0, 0.05) is 0 Å². The first-order valence-electron chi connectivity index (χ1n) is 3.54. The average Bonchev–Trinajstić information content (AvgIpc) is 2.06. The van der Waals surface area contributed by atoms with Gasteiger partial charge in [-0.2, -0.15) is 5.26 Å². The van der Waals surface area contributed by atoms with Crippen LogP contribution in [0.15, 0.2) is 18.2 Å². The van der Waals surface area contributed by atoms with Crippen LogP contribution in [-0.2, 0) is 0 Å². The molecule has 1 radical (unpaired) electrons. The first-order valence-corrected chi connectivity index (χ1v) is 3.54. The lowest BCUT2D eigenvalue weighted by atomic mass is 10.1. The maximum Gasteiger partial charge on any atom is 0.573 e. The summed E-state index contributed by atoms with van der Waals surface area (Å²) in [5, 5.41) is 8.51. The summed E-state index contributed by atoms with van der Waals surface area (Å²) in [4.78, 5) is 0. The van der Waals surface area contributed by atoms with E-state index in [-0.39, 0.29) is 5.56 Å². The molecule has 0 heterocycles. The molecule has 0 unspecified atom stereocenters. The third-order valence-corrected chi connectivity index (χ3v) is 1.39. The highest BCUT2D eigenvalue weighted by Gasteiger charge is 2.32.